The molecule has 0 aromatic rings. The summed E-state index contributed by atoms with van der Waals surface area (Å²) in [6, 6.07) is 0. The zero-order valence-electron chi connectivity index (χ0n) is 9.42. The molecule has 0 aromatic carbocycles. The number of nitrogens with one attached hydrogen (secondary N) is 1. The maximum absolute atomic E-state index is 6.33. The maximum Gasteiger partial charge on any atom is 0.0274 e. The van der Waals surface area contributed by atoms with Crippen LogP contribution in [0.4, 0.5) is 0 Å². The van der Waals surface area contributed by atoms with Gasteiger partial charge in [-0.3, -0.25) is 0 Å². The van der Waals surface area contributed by atoms with Gasteiger partial charge in [0.25, 0.3) is 0 Å². The van der Waals surface area contributed by atoms with Crippen LogP contribution in [-0.2, 0) is 0 Å². The van der Waals surface area contributed by atoms with Gasteiger partial charge in [0, 0.05) is 18.8 Å². The van der Waals surface area contributed by atoms with Crippen molar-refractivity contribution in [1.82, 2.24) is 5.43 Å². The molecule has 0 heterocycles. The standard InChI is InChI=1S/C11H23N3/c1-3-4-6-11(12)7-5-10(8-11)9-14-13-2/h9-10,13H,3-8,12H2,1-2H3. The van der Waals surface area contributed by atoms with Crippen LogP contribution in [0.15, 0.2) is 5.10 Å². The van der Waals surface area contributed by atoms with Gasteiger partial charge in [0.15, 0.2) is 0 Å². The summed E-state index contributed by atoms with van der Waals surface area (Å²) in [4.78, 5) is 0. The normalized spacial score (nSPS) is 32.6. The van der Waals surface area contributed by atoms with Gasteiger partial charge < -0.3 is 11.2 Å². The van der Waals surface area contributed by atoms with E-state index in [1.54, 1.807) is 0 Å². The average Bonchev–Trinajstić information content (AvgIpc) is 2.55. The lowest BCUT2D eigenvalue weighted by molar-refractivity contribution is 0.386. The van der Waals surface area contributed by atoms with Gasteiger partial charge in [-0.1, -0.05) is 19.8 Å². The van der Waals surface area contributed by atoms with Crippen LogP contribution < -0.4 is 11.2 Å². The van der Waals surface area contributed by atoms with Crippen molar-refractivity contribution in [2.75, 3.05) is 7.05 Å². The maximum atomic E-state index is 6.33. The van der Waals surface area contributed by atoms with Crippen LogP contribution in [0.3, 0.4) is 0 Å². The van der Waals surface area contributed by atoms with E-state index in [-0.39, 0.29) is 5.54 Å². The quantitative estimate of drug-likeness (QED) is 0.522. The Morgan fingerprint density at radius 2 is 2.43 bits per heavy atom. The van der Waals surface area contributed by atoms with Crippen molar-refractivity contribution in [2.24, 2.45) is 16.8 Å². The molecule has 3 N–H and O–H groups in total. The molecule has 1 rings (SSSR count). The number of rotatable bonds is 5. The fraction of sp³-hybridized carbons (Fsp3) is 0.909. The molecule has 2 atom stereocenters. The van der Waals surface area contributed by atoms with Gasteiger partial charge in [0.2, 0.25) is 0 Å². The zero-order chi connectivity index (χ0) is 10.4. The van der Waals surface area contributed by atoms with E-state index >= 15 is 0 Å². The van der Waals surface area contributed by atoms with Crippen molar-refractivity contribution in [3.05, 3.63) is 0 Å². The first-order valence-electron chi connectivity index (χ1n) is 5.69. The van der Waals surface area contributed by atoms with Crippen LogP contribution in [0.2, 0.25) is 0 Å². The Kier molecular flexibility index (Phi) is 4.39. The Labute approximate surface area is 87.1 Å². The minimum absolute atomic E-state index is 0.0977. The average molecular weight is 197 g/mol. The van der Waals surface area contributed by atoms with Crippen LogP contribution in [-0.4, -0.2) is 18.8 Å². The fourth-order valence-corrected chi connectivity index (χ4v) is 2.26. The van der Waals surface area contributed by atoms with Gasteiger partial charge in [0.05, 0.1) is 0 Å². The second-order valence-corrected chi connectivity index (χ2v) is 4.47. The zero-order valence-corrected chi connectivity index (χ0v) is 9.42. The van der Waals surface area contributed by atoms with E-state index < -0.39 is 0 Å². The molecule has 0 saturated heterocycles. The first-order chi connectivity index (χ1) is 6.70. The minimum Gasteiger partial charge on any atom is -0.325 e. The predicted molar refractivity (Wildman–Crippen MR) is 61.3 cm³/mol. The third kappa shape index (κ3) is 3.29. The number of nitrogens with two attached hydrogens (primary N) is 1. The lowest BCUT2D eigenvalue weighted by atomic mass is 9.91. The van der Waals surface area contributed by atoms with E-state index in [9.17, 15) is 0 Å². The van der Waals surface area contributed by atoms with Crippen LogP contribution in [0, 0.1) is 5.92 Å². The molecule has 2 unspecified atom stereocenters. The van der Waals surface area contributed by atoms with E-state index in [1.807, 2.05) is 13.3 Å². The summed E-state index contributed by atoms with van der Waals surface area (Å²) in [6.45, 7) is 2.22. The number of hydrazone groups is 1. The van der Waals surface area contributed by atoms with Crippen LogP contribution in [0.25, 0.3) is 0 Å². The summed E-state index contributed by atoms with van der Waals surface area (Å²) in [6.07, 6.45) is 9.16. The van der Waals surface area contributed by atoms with Crippen molar-refractivity contribution < 1.29 is 0 Å². The first-order valence-corrected chi connectivity index (χ1v) is 5.69. The Balaban J connectivity index is 2.34. The van der Waals surface area contributed by atoms with Crippen molar-refractivity contribution in [3.8, 4) is 0 Å². The smallest absolute Gasteiger partial charge is 0.0274 e. The molecular weight excluding hydrogens is 174 g/mol. The van der Waals surface area contributed by atoms with E-state index in [4.69, 9.17) is 5.73 Å². The molecule has 3 heteroatoms. The SMILES string of the molecule is CCCCC1(N)CCC(C=NNC)C1. The minimum atomic E-state index is 0.0977. The summed E-state index contributed by atoms with van der Waals surface area (Å²) in [5, 5.41) is 4.07. The van der Waals surface area contributed by atoms with Crippen molar-refractivity contribution >= 4 is 6.21 Å². The lowest BCUT2D eigenvalue weighted by Gasteiger charge is -2.23. The highest BCUT2D eigenvalue weighted by molar-refractivity contribution is 5.61. The molecule has 1 saturated carbocycles. The molecule has 0 bridgehead atoms. The molecule has 14 heavy (non-hydrogen) atoms. The molecule has 1 aliphatic rings. The largest absolute Gasteiger partial charge is 0.325 e. The molecule has 1 fully saturated rings. The Morgan fingerprint density at radius 3 is 3.07 bits per heavy atom. The molecule has 0 radical (unpaired) electrons. The second kappa shape index (κ2) is 5.35. The highest BCUT2D eigenvalue weighted by Gasteiger charge is 2.34. The van der Waals surface area contributed by atoms with E-state index in [0.29, 0.717) is 5.92 Å². The Bertz CT molecular complexity index is 191. The molecule has 0 aromatic heterocycles. The second-order valence-electron chi connectivity index (χ2n) is 4.47. The van der Waals surface area contributed by atoms with Crippen LogP contribution in [0.5, 0.6) is 0 Å². The summed E-state index contributed by atoms with van der Waals surface area (Å²) in [5.74, 6) is 0.587. The van der Waals surface area contributed by atoms with Gasteiger partial charge >= 0.3 is 0 Å². The summed E-state index contributed by atoms with van der Waals surface area (Å²) in [5.41, 5.74) is 9.22. The van der Waals surface area contributed by atoms with E-state index in [2.05, 4.69) is 17.5 Å². The highest BCUT2D eigenvalue weighted by atomic mass is 15.3. The van der Waals surface area contributed by atoms with Crippen molar-refractivity contribution in [2.45, 2.75) is 51.0 Å². The van der Waals surface area contributed by atoms with Gasteiger partial charge in [-0.05, 0) is 31.6 Å². The number of hydrogen-bond acceptors (Lipinski definition) is 3. The van der Waals surface area contributed by atoms with E-state index in [0.717, 1.165) is 12.8 Å². The molecule has 82 valence electrons. The van der Waals surface area contributed by atoms with Crippen molar-refractivity contribution in [1.29, 1.82) is 0 Å². The predicted octanol–water partition coefficient (Wildman–Crippen LogP) is 1.88. The van der Waals surface area contributed by atoms with Gasteiger partial charge in [-0.15, -0.1) is 0 Å². The van der Waals surface area contributed by atoms with E-state index in [1.165, 1.54) is 25.7 Å². The molecule has 0 aliphatic heterocycles. The molecule has 1 aliphatic carbocycles. The third-order valence-electron chi connectivity index (χ3n) is 3.12. The summed E-state index contributed by atoms with van der Waals surface area (Å²) in [7, 11) is 1.83. The molecule has 3 nitrogen and oxygen atoms in total. The summed E-state index contributed by atoms with van der Waals surface area (Å²) < 4.78 is 0. The molecular formula is C11H23N3. The number of hydrogen-bond donors (Lipinski definition) is 2. The highest BCUT2D eigenvalue weighted by Crippen LogP contribution is 2.35. The molecule has 0 amide bonds. The number of nitrogens with zero attached hydrogens (tertiary/aromatic N) is 1. The lowest BCUT2D eigenvalue weighted by Crippen LogP contribution is -2.36. The Hall–Kier alpha value is -0.570. The van der Waals surface area contributed by atoms with Crippen LogP contribution >= 0.6 is 0 Å². The monoisotopic (exact) mass is 197 g/mol. The first kappa shape index (κ1) is 11.5. The summed E-state index contributed by atoms with van der Waals surface area (Å²) >= 11 is 0. The topological polar surface area (TPSA) is 50.4 Å². The third-order valence-corrected chi connectivity index (χ3v) is 3.12. The molecule has 0 spiro atoms. The fourth-order valence-electron chi connectivity index (χ4n) is 2.26. The van der Waals surface area contributed by atoms with Crippen molar-refractivity contribution in [3.63, 3.8) is 0 Å². The van der Waals surface area contributed by atoms with Gasteiger partial charge in [0.1, 0.15) is 0 Å². The number of unbranched alkanes of at least 4 members (excludes halogenated alkanes) is 1. The van der Waals surface area contributed by atoms with Gasteiger partial charge in [-0.25, -0.2) is 0 Å². The van der Waals surface area contributed by atoms with Crippen LogP contribution in [0.1, 0.15) is 45.4 Å². The van der Waals surface area contributed by atoms with Gasteiger partial charge in [-0.2, -0.15) is 5.10 Å². The Morgan fingerprint density at radius 1 is 1.64 bits per heavy atom.